The molecule has 0 heterocycles. The van der Waals surface area contributed by atoms with Crippen LogP contribution in [0, 0.1) is 0 Å². The van der Waals surface area contributed by atoms with Crippen LogP contribution in [0.3, 0.4) is 0 Å². The predicted molar refractivity (Wildman–Crippen MR) is 42.3 cm³/mol. The molecule has 10 heavy (non-hydrogen) atoms. The summed E-state index contributed by atoms with van der Waals surface area (Å²) in [6, 6.07) is 0. The molecule has 1 amide bonds. The number of carbonyl (C=O) groups excluding carboxylic acids is 1. The topological polar surface area (TPSA) is 43.1 Å². The second-order valence-electron chi connectivity index (χ2n) is 1.72. The van der Waals surface area contributed by atoms with E-state index in [-0.39, 0.29) is 0 Å². The molecule has 2 N–H and O–H groups in total. The van der Waals surface area contributed by atoms with Crippen LogP contribution in [0.2, 0.25) is 0 Å². The minimum Gasteiger partial charge on any atom is -0.366 e. The van der Waals surface area contributed by atoms with Gasteiger partial charge in [0.1, 0.15) is 0 Å². The number of allylic oxidation sites excluding steroid dienone is 3. The molecule has 2 nitrogen and oxygen atoms in total. The van der Waals surface area contributed by atoms with Gasteiger partial charge in [-0.3, -0.25) is 4.79 Å². The highest BCUT2D eigenvalue weighted by molar-refractivity contribution is 5.95. The van der Waals surface area contributed by atoms with E-state index in [1.54, 1.807) is 18.2 Å². The summed E-state index contributed by atoms with van der Waals surface area (Å²) in [5.74, 6) is -0.432. The summed E-state index contributed by atoms with van der Waals surface area (Å²) in [7, 11) is 0. The van der Waals surface area contributed by atoms with Crippen molar-refractivity contribution in [3.05, 3.63) is 36.5 Å². The number of rotatable bonds is 3. The normalized spacial score (nSPS) is 11.9. The van der Waals surface area contributed by atoms with Crippen LogP contribution in [-0.4, -0.2) is 5.91 Å². The molecule has 0 spiro atoms. The molecule has 0 aliphatic rings. The minimum atomic E-state index is -0.432. The first kappa shape index (κ1) is 8.69. The van der Waals surface area contributed by atoms with E-state index in [0.29, 0.717) is 5.57 Å². The van der Waals surface area contributed by atoms with Crippen molar-refractivity contribution in [2.45, 2.75) is 6.92 Å². The van der Waals surface area contributed by atoms with Gasteiger partial charge in [0.15, 0.2) is 0 Å². The van der Waals surface area contributed by atoms with Gasteiger partial charge in [0.2, 0.25) is 5.91 Å². The fourth-order valence-corrected chi connectivity index (χ4v) is 0.526. The lowest BCUT2D eigenvalue weighted by Crippen LogP contribution is -2.11. The number of hydrogen-bond acceptors (Lipinski definition) is 1. The Morgan fingerprint density at radius 3 is 2.50 bits per heavy atom. The molecule has 0 saturated carbocycles. The van der Waals surface area contributed by atoms with Gasteiger partial charge in [-0.1, -0.05) is 30.9 Å². The minimum absolute atomic E-state index is 0.432. The molecule has 0 aliphatic carbocycles. The first-order valence-electron chi connectivity index (χ1n) is 2.97. The Balaban J connectivity index is 4.41. The molecule has 0 radical (unpaired) electrons. The fourth-order valence-electron chi connectivity index (χ4n) is 0.526. The van der Waals surface area contributed by atoms with Gasteiger partial charge >= 0.3 is 0 Å². The molecule has 2 heteroatoms. The summed E-state index contributed by atoms with van der Waals surface area (Å²) in [6.45, 7) is 5.27. The Morgan fingerprint density at radius 2 is 2.20 bits per heavy atom. The zero-order valence-corrected chi connectivity index (χ0v) is 6.00. The van der Waals surface area contributed by atoms with Gasteiger partial charge in [0.05, 0.1) is 0 Å². The third-order valence-electron chi connectivity index (χ3n) is 0.928. The molecule has 0 bridgehead atoms. The Morgan fingerprint density at radius 1 is 1.60 bits per heavy atom. The lowest BCUT2D eigenvalue weighted by Gasteiger charge is -1.90. The van der Waals surface area contributed by atoms with E-state index >= 15 is 0 Å². The standard InChI is InChI=1S/C8H11NO/c1-3-5-7(6-4-2)8(9)10/h3-6H,1H2,2H3,(H2,9,10). The lowest BCUT2D eigenvalue weighted by atomic mass is 10.2. The van der Waals surface area contributed by atoms with Crippen molar-refractivity contribution in [1.82, 2.24) is 0 Å². The van der Waals surface area contributed by atoms with Crippen molar-refractivity contribution in [2.24, 2.45) is 5.73 Å². The molecule has 0 saturated heterocycles. The maximum atomic E-state index is 10.5. The molecule has 0 atom stereocenters. The van der Waals surface area contributed by atoms with Gasteiger partial charge in [-0.05, 0) is 6.92 Å². The van der Waals surface area contributed by atoms with Crippen LogP contribution in [0.15, 0.2) is 36.5 Å². The summed E-state index contributed by atoms with van der Waals surface area (Å²) >= 11 is 0. The smallest absolute Gasteiger partial charge is 0.248 e. The van der Waals surface area contributed by atoms with E-state index in [1.165, 1.54) is 6.08 Å². The molecule has 0 fully saturated rings. The number of carbonyl (C=O) groups is 1. The third-order valence-corrected chi connectivity index (χ3v) is 0.928. The lowest BCUT2D eigenvalue weighted by molar-refractivity contribution is -0.114. The molecule has 0 aromatic heterocycles. The highest BCUT2D eigenvalue weighted by Crippen LogP contribution is 1.94. The van der Waals surface area contributed by atoms with Crippen molar-refractivity contribution in [3.63, 3.8) is 0 Å². The SMILES string of the molecule is C=CC=C(C=CC)C(N)=O. The van der Waals surface area contributed by atoms with Gasteiger partial charge in [-0.15, -0.1) is 0 Å². The first-order chi connectivity index (χ1) is 4.72. The second-order valence-corrected chi connectivity index (χ2v) is 1.72. The van der Waals surface area contributed by atoms with E-state index < -0.39 is 5.91 Å². The molecule has 0 unspecified atom stereocenters. The van der Waals surface area contributed by atoms with Crippen LogP contribution in [0.5, 0.6) is 0 Å². The summed E-state index contributed by atoms with van der Waals surface area (Å²) in [5.41, 5.74) is 5.47. The van der Waals surface area contributed by atoms with E-state index in [2.05, 4.69) is 6.58 Å². The van der Waals surface area contributed by atoms with Gasteiger partial charge in [0.25, 0.3) is 0 Å². The van der Waals surface area contributed by atoms with Gasteiger partial charge in [-0.25, -0.2) is 0 Å². The number of primary amides is 1. The molecule has 54 valence electrons. The monoisotopic (exact) mass is 137 g/mol. The van der Waals surface area contributed by atoms with Gasteiger partial charge in [-0.2, -0.15) is 0 Å². The van der Waals surface area contributed by atoms with Crippen molar-refractivity contribution in [1.29, 1.82) is 0 Å². The summed E-state index contributed by atoms with van der Waals surface area (Å²) in [5, 5.41) is 0. The van der Waals surface area contributed by atoms with Crippen LogP contribution < -0.4 is 5.73 Å². The quantitative estimate of drug-likeness (QED) is 0.460. The van der Waals surface area contributed by atoms with Crippen molar-refractivity contribution in [3.8, 4) is 0 Å². The van der Waals surface area contributed by atoms with Crippen molar-refractivity contribution >= 4 is 5.91 Å². The van der Waals surface area contributed by atoms with Gasteiger partial charge < -0.3 is 5.73 Å². The predicted octanol–water partition coefficient (Wildman–Crippen LogP) is 1.16. The first-order valence-corrected chi connectivity index (χ1v) is 2.97. The average Bonchev–Trinajstić information content (AvgIpc) is 1.87. The fraction of sp³-hybridized carbons (Fsp3) is 0.125. The van der Waals surface area contributed by atoms with E-state index in [1.807, 2.05) is 6.92 Å². The van der Waals surface area contributed by atoms with Crippen LogP contribution in [0.25, 0.3) is 0 Å². The third kappa shape index (κ3) is 2.87. The molecule has 0 aliphatic heterocycles. The van der Waals surface area contributed by atoms with Crippen LogP contribution in [-0.2, 0) is 4.79 Å². The van der Waals surface area contributed by atoms with Crippen molar-refractivity contribution < 1.29 is 4.79 Å². The summed E-state index contributed by atoms with van der Waals surface area (Å²) in [6.07, 6.45) is 6.49. The number of amides is 1. The molecular weight excluding hydrogens is 126 g/mol. The van der Waals surface area contributed by atoms with E-state index in [9.17, 15) is 4.79 Å². The Hall–Kier alpha value is -1.31. The zero-order valence-electron chi connectivity index (χ0n) is 6.00. The van der Waals surface area contributed by atoms with Crippen LogP contribution in [0.1, 0.15) is 6.92 Å². The van der Waals surface area contributed by atoms with Crippen LogP contribution in [0.4, 0.5) is 0 Å². The second kappa shape index (κ2) is 4.56. The molecule has 0 aromatic rings. The summed E-state index contributed by atoms with van der Waals surface area (Å²) in [4.78, 5) is 10.5. The average molecular weight is 137 g/mol. The Bertz CT molecular complexity index is 189. The molecule has 0 aromatic carbocycles. The summed E-state index contributed by atoms with van der Waals surface area (Å²) < 4.78 is 0. The zero-order chi connectivity index (χ0) is 7.98. The number of hydrogen-bond donors (Lipinski definition) is 1. The Labute approximate surface area is 60.7 Å². The van der Waals surface area contributed by atoms with Crippen LogP contribution >= 0.6 is 0 Å². The van der Waals surface area contributed by atoms with Gasteiger partial charge in [0, 0.05) is 5.57 Å². The maximum absolute atomic E-state index is 10.5. The molecular formula is C8H11NO. The molecule has 0 rings (SSSR count). The van der Waals surface area contributed by atoms with E-state index in [4.69, 9.17) is 5.73 Å². The Kier molecular flexibility index (Phi) is 3.96. The van der Waals surface area contributed by atoms with E-state index in [0.717, 1.165) is 0 Å². The maximum Gasteiger partial charge on any atom is 0.248 e. The van der Waals surface area contributed by atoms with Crippen molar-refractivity contribution in [2.75, 3.05) is 0 Å². The highest BCUT2D eigenvalue weighted by atomic mass is 16.1. The highest BCUT2D eigenvalue weighted by Gasteiger charge is 1.95. The largest absolute Gasteiger partial charge is 0.366 e. The number of nitrogens with two attached hydrogens (primary N) is 1.